The Morgan fingerprint density at radius 3 is 2.63 bits per heavy atom. The predicted octanol–water partition coefficient (Wildman–Crippen LogP) is 1.89. The van der Waals surface area contributed by atoms with E-state index in [1.54, 1.807) is 13.0 Å². The molecule has 1 N–H and O–H groups in total. The minimum absolute atomic E-state index is 0.0268. The monoisotopic (exact) mass is 283 g/mol. The van der Waals surface area contributed by atoms with Crippen LogP contribution in [0.4, 0.5) is 0 Å². The minimum atomic E-state index is -3.68. The average Bonchev–Trinajstić information content (AvgIpc) is 2.35. The molecule has 0 saturated heterocycles. The van der Waals surface area contributed by atoms with Gasteiger partial charge in [0.15, 0.2) is 0 Å². The number of aryl methyl sites for hydroxylation is 1. The number of hydrogen-bond donors (Lipinski definition) is 1. The lowest BCUT2D eigenvalue weighted by Crippen LogP contribution is -2.28. The fraction of sp³-hybridized carbons (Fsp3) is 0.308. The van der Waals surface area contributed by atoms with Gasteiger partial charge in [-0.2, -0.15) is 0 Å². The topological polar surface area (TPSA) is 74.7 Å². The van der Waals surface area contributed by atoms with Crippen molar-refractivity contribution in [3.63, 3.8) is 0 Å². The molecule has 1 aromatic rings. The molecule has 6 heteroatoms. The van der Waals surface area contributed by atoms with Crippen LogP contribution >= 0.6 is 0 Å². The number of benzene rings is 1. The van der Waals surface area contributed by atoms with Crippen LogP contribution in [0.15, 0.2) is 35.7 Å². The van der Waals surface area contributed by atoms with Gasteiger partial charge in [-0.15, -0.1) is 6.58 Å². The van der Waals surface area contributed by atoms with E-state index in [9.17, 15) is 13.2 Å². The molecule has 0 aliphatic rings. The molecule has 1 aromatic carbocycles. The summed E-state index contributed by atoms with van der Waals surface area (Å²) in [4.78, 5) is 10.9. The van der Waals surface area contributed by atoms with Crippen molar-refractivity contribution in [2.45, 2.75) is 18.2 Å². The van der Waals surface area contributed by atoms with Crippen LogP contribution in [0.2, 0.25) is 0 Å². The Morgan fingerprint density at radius 1 is 1.47 bits per heavy atom. The van der Waals surface area contributed by atoms with E-state index in [1.165, 1.54) is 29.6 Å². The van der Waals surface area contributed by atoms with E-state index in [0.717, 1.165) is 0 Å². The maximum Gasteiger partial charge on any atom is 0.335 e. The molecule has 0 bridgehead atoms. The number of hydrogen-bond acceptors (Lipinski definition) is 3. The summed E-state index contributed by atoms with van der Waals surface area (Å²) in [5.74, 6) is -1.15. The summed E-state index contributed by atoms with van der Waals surface area (Å²) in [6.45, 7) is 5.49. The van der Waals surface area contributed by atoms with Gasteiger partial charge in [0.1, 0.15) is 0 Å². The van der Waals surface area contributed by atoms with Gasteiger partial charge in [-0.25, -0.2) is 17.5 Å². The zero-order chi connectivity index (χ0) is 14.6. The van der Waals surface area contributed by atoms with Gasteiger partial charge in [0.25, 0.3) is 0 Å². The molecule has 5 nitrogen and oxygen atoms in total. The van der Waals surface area contributed by atoms with E-state index in [1.807, 2.05) is 0 Å². The van der Waals surface area contributed by atoms with Gasteiger partial charge >= 0.3 is 5.97 Å². The Morgan fingerprint density at radius 2 is 2.11 bits per heavy atom. The van der Waals surface area contributed by atoms with E-state index in [-0.39, 0.29) is 10.5 Å². The van der Waals surface area contributed by atoms with Crippen LogP contribution in [0.5, 0.6) is 0 Å². The van der Waals surface area contributed by atoms with Crippen LogP contribution in [-0.4, -0.2) is 37.4 Å². The Hall–Kier alpha value is -1.66. The number of sulfonamides is 1. The van der Waals surface area contributed by atoms with Crippen molar-refractivity contribution in [3.8, 4) is 0 Å². The van der Waals surface area contributed by atoms with Gasteiger partial charge in [-0.1, -0.05) is 12.1 Å². The van der Waals surface area contributed by atoms with E-state index in [0.29, 0.717) is 18.5 Å². The van der Waals surface area contributed by atoms with Crippen molar-refractivity contribution in [2.75, 3.05) is 13.6 Å². The highest BCUT2D eigenvalue weighted by Crippen LogP contribution is 2.20. The molecule has 0 radical (unpaired) electrons. The van der Waals surface area contributed by atoms with Gasteiger partial charge in [-0.05, 0) is 31.0 Å². The highest BCUT2D eigenvalue weighted by atomic mass is 32.2. The average molecular weight is 283 g/mol. The first-order chi connectivity index (χ1) is 8.80. The third-order valence-electron chi connectivity index (χ3n) is 2.77. The standard InChI is InChI=1S/C13H17NO4S/c1-4-5-8-14(3)19(17,18)12-9-11(13(15)16)7-6-10(12)2/h4,6-7,9H,1,5,8H2,2-3H3,(H,15,16). The molecule has 0 aliphatic heterocycles. The second-order valence-corrected chi connectivity index (χ2v) is 6.20. The molecule has 1 rings (SSSR count). The molecule has 0 spiro atoms. The van der Waals surface area contributed by atoms with Crippen molar-refractivity contribution in [2.24, 2.45) is 0 Å². The lowest BCUT2D eigenvalue weighted by atomic mass is 10.1. The molecule has 0 heterocycles. The number of nitrogens with zero attached hydrogens (tertiary/aromatic N) is 1. The maximum absolute atomic E-state index is 12.3. The van der Waals surface area contributed by atoms with Crippen LogP contribution in [0.1, 0.15) is 22.3 Å². The lowest BCUT2D eigenvalue weighted by molar-refractivity contribution is 0.0696. The summed E-state index contributed by atoms with van der Waals surface area (Å²) in [5, 5.41) is 8.92. The summed E-state index contributed by atoms with van der Waals surface area (Å²) in [7, 11) is -2.21. The third-order valence-corrected chi connectivity index (χ3v) is 4.77. The summed E-state index contributed by atoms with van der Waals surface area (Å²) in [6, 6.07) is 4.08. The summed E-state index contributed by atoms with van der Waals surface area (Å²) < 4.78 is 25.9. The predicted molar refractivity (Wildman–Crippen MR) is 72.8 cm³/mol. The van der Waals surface area contributed by atoms with Gasteiger partial charge < -0.3 is 5.11 Å². The van der Waals surface area contributed by atoms with Crippen molar-refractivity contribution in [1.29, 1.82) is 0 Å². The van der Waals surface area contributed by atoms with Crippen molar-refractivity contribution in [1.82, 2.24) is 4.31 Å². The molecular formula is C13H17NO4S. The fourth-order valence-corrected chi connectivity index (χ4v) is 3.00. The minimum Gasteiger partial charge on any atom is -0.478 e. The summed E-state index contributed by atoms with van der Waals surface area (Å²) >= 11 is 0. The van der Waals surface area contributed by atoms with Crippen LogP contribution < -0.4 is 0 Å². The van der Waals surface area contributed by atoms with Gasteiger partial charge in [0.05, 0.1) is 10.5 Å². The van der Waals surface area contributed by atoms with Crippen molar-refractivity contribution in [3.05, 3.63) is 42.0 Å². The first-order valence-electron chi connectivity index (χ1n) is 5.72. The van der Waals surface area contributed by atoms with Gasteiger partial charge in [0.2, 0.25) is 10.0 Å². The molecule has 0 amide bonds. The summed E-state index contributed by atoms with van der Waals surface area (Å²) in [5.41, 5.74) is 0.483. The number of rotatable bonds is 6. The zero-order valence-electron chi connectivity index (χ0n) is 11.0. The Balaban J connectivity index is 3.23. The maximum atomic E-state index is 12.3. The van der Waals surface area contributed by atoms with Crippen LogP contribution in [0.25, 0.3) is 0 Å². The van der Waals surface area contributed by atoms with E-state index in [4.69, 9.17) is 5.11 Å². The van der Waals surface area contributed by atoms with E-state index < -0.39 is 16.0 Å². The Kier molecular flexibility index (Phi) is 4.85. The Bertz CT molecular complexity index is 593. The third kappa shape index (κ3) is 3.42. The van der Waals surface area contributed by atoms with Crippen LogP contribution in [0.3, 0.4) is 0 Å². The largest absolute Gasteiger partial charge is 0.478 e. The molecule has 0 aliphatic carbocycles. The second kappa shape index (κ2) is 5.99. The van der Waals surface area contributed by atoms with E-state index >= 15 is 0 Å². The lowest BCUT2D eigenvalue weighted by Gasteiger charge is -2.18. The number of aromatic carboxylic acids is 1. The fourth-order valence-electron chi connectivity index (χ4n) is 1.57. The molecule has 19 heavy (non-hydrogen) atoms. The molecule has 0 saturated carbocycles. The van der Waals surface area contributed by atoms with Crippen LogP contribution in [-0.2, 0) is 10.0 Å². The smallest absolute Gasteiger partial charge is 0.335 e. The van der Waals surface area contributed by atoms with Gasteiger partial charge in [-0.3, -0.25) is 0 Å². The highest BCUT2D eigenvalue weighted by molar-refractivity contribution is 7.89. The molecule has 0 aromatic heterocycles. The van der Waals surface area contributed by atoms with Crippen LogP contribution in [0, 0.1) is 6.92 Å². The molecule has 104 valence electrons. The molecule has 0 fully saturated rings. The number of carbonyl (C=O) groups is 1. The number of carboxylic acids is 1. The Labute approximate surface area is 113 Å². The second-order valence-electron chi connectivity index (χ2n) is 4.19. The summed E-state index contributed by atoms with van der Waals surface area (Å²) in [6.07, 6.45) is 2.17. The van der Waals surface area contributed by atoms with Gasteiger partial charge in [0, 0.05) is 13.6 Å². The normalized spacial score (nSPS) is 11.5. The quantitative estimate of drug-likeness (QED) is 0.809. The highest BCUT2D eigenvalue weighted by Gasteiger charge is 2.23. The molecule has 0 atom stereocenters. The first-order valence-corrected chi connectivity index (χ1v) is 7.16. The molecule has 0 unspecified atom stereocenters. The van der Waals surface area contributed by atoms with Crippen molar-refractivity contribution >= 4 is 16.0 Å². The van der Waals surface area contributed by atoms with Crippen molar-refractivity contribution < 1.29 is 18.3 Å². The van der Waals surface area contributed by atoms with E-state index in [2.05, 4.69) is 6.58 Å². The SMILES string of the molecule is C=CCCN(C)S(=O)(=O)c1cc(C(=O)O)ccc1C. The first kappa shape index (κ1) is 15.4. The molecular weight excluding hydrogens is 266 g/mol. The zero-order valence-corrected chi connectivity index (χ0v) is 11.8. The number of carboxylic acid groups (broad SMARTS) is 1.